The first kappa shape index (κ1) is 13.7. The lowest BCUT2D eigenvalue weighted by Gasteiger charge is -2.31. The summed E-state index contributed by atoms with van der Waals surface area (Å²) in [5.41, 5.74) is 1.08. The number of anilines is 1. The number of aliphatic imine (C=N–C) groups is 1. The normalized spacial score (nSPS) is 26.4. The van der Waals surface area contributed by atoms with Crippen LogP contribution in [-0.2, 0) is 4.79 Å². The van der Waals surface area contributed by atoms with E-state index in [1.165, 1.54) is 19.3 Å². The SMILES string of the molecule is CN(C1=NC(=O)C2CCCCCC2S1)c1ccccc1. The quantitative estimate of drug-likeness (QED) is 0.790. The fourth-order valence-corrected chi connectivity index (χ4v) is 4.33. The van der Waals surface area contributed by atoms with E-state index < -0.39 is 0 Å². The molecule has 20 heavy (non-hydrogen) atoms. The Morgan fingerprint density at radius 2 is 1.90 bits per heavy atom. The molecule has 1 amide bonds. The predicted octanol–water partition coefficient (Wildman–Crippen LogP) is 3.70. The largest absolute Gasteiger partial charge is 0.324 e. The third-order valence-electron chi connectivity index (χ3n) is 4.16. The van der Waals surface area contributed by atoms with Crippen LogP contribution in [0, 0.1) is 5.92 Å². The molecule has 4 heteroatoms. The lowest BCUT2D eigenvalue weighted by molar-refractivity contribution is -0.121. The molecule has 106 valence electrons. The summed E-state index contributed by atoms with van der Waals surface area (Å²) in [7, 11) is 1.99. The summed E-state index contributed by atoms with van der Waals surface area (Å²) >= 11 is 1.79. The molecule has 0 spiro atoms. The number of nitrogens with zero attached hydrogens (tertiary/aromatic N) is 2. The molecule has 3 nitrogen and oxygen atoms in total. The minimum Gasteiger partial charge on any atom is -0.324 e. The van der Waals surface area contributed by atoms with Crippen molar-refractivity contribution in [1.29, 1.82) is 0 Å². The van der Waals surface area contributed by atoms with Gasteiger partial charge in [-0.25, -0.2) is 0 Å². The zero-order chi connectivity index (χ0) is 13.9. The Balaban J connectivity index is 1.82. The number of amides is 1. The summed E-state index contributed by atoms with van der Waals surface area (Å²) in [6, 6.07) is 10.1. The smallest absolute Gasteiger partial charge is 0.252 e. The van der Waals surface area contributed by atoms with E-state index in [1.807, 2.05) is 42.3 Å². The van der Waals surface area contributed by atoms with E-state index in [9.17, 15) is 4.79 Å². The Morgan fingerprint density at radius 1 is 1.15 bits per heavy atom. The molecular weight excluding hydrogens is 268 g/mol. The Hall–Kier alpha value is -1.29. The highest BCUT2D eigenvalue weighted by Gasteiger charge is 2.36. The fraction of sp³-hybridized carbons (Fsp3) is 0.500. The number of fused-ring (bicyclic) bond motifs is 1. The number of para-hydroxylation sites is 1. The number of carbonyl (C=O) groups is 1. The maximum atomic E-state index is 12.3. The van der Waals surface area contributed by atoms with Crippen molar-refractivity contribution in [2.24, 2.45) is 10.9 Å². The molecule has 2 atom stereocenters. The Kier molecular flexibility index (Phi) is 4.10. The first-order valence-corrected chi connectivity index (χ1v) is 8.21. The third kappa shape index (κ3) is 2.75. The standard InChI is InChI=1S/C16H20N2OS/c1-18(12-8-4-2-5-9-12)16-17-15(19)13-10-6-3-7-11-14(13)20-16/h2,4-5,8-9,13-14H,3,6-7,10-11H2,1H3. The van der Waals surface area contributed by atoms with Crippen molar-refractivity contribution in [2.45, 2.75) is 37.4 Å². The van der Waals surface area contributed by atoms with E-state index >= 15 is 0 Å². The number of benzene rings is 1. The molecule has 0 N–H and O–H groups in total. The van der Waals surface area contributed by atoms with E-state index in [1.54, 1.807) is 11.8 Å². The molecule has 1 heterocycles. The molecule has 2 unspecified atom stereocenters. The van der Waals surface area contributed by atoms with Gasteiger partial charge in [0, 0.05) is 18.0 Å². The summed E-state index contributed by atoms with van der Waals surface area (Å²) in [4.78, 5) is 18.7. The highest BCUT2D eigenvalue weighted by molar-refractivity contribution is 8.14. The lowest BCUT2D eigenvalue weighted by Crippen LogP contribution is -2.36. The van der Waals surface area contributed by atoms with E-state index in [0.717, 1.165) is 23.7 Å². The van der Waals surface area contributed by atoms with E-state index in [0.29, 0.717) is 5.25 Å². The van der Waals surface area contributed by atoms with Gasteiger partial charge < -0.3 is 4.90 Å². The Labute approximate surface area is 124 Å². The van der Waals surface area contributed by atoms with Crippen LogP contribution in [0.4, 0.5) is 5.69 Å². The van der Waals surface area contributed by atoms with Gasteiger partial charge in [-0.3, -0.25) is 4.79 Å². The molecule has 3 rings (SSSR count). The molecule has 0 bridgehead atoms. The monoisotopic (exact) mass is 288 g/mol. The number of hydrogen-bond acceptors (Lipinski definition) is 3. The van der Waals surface area contributed by atoms with Gasteiger partial charge in [-0.2, -0.15) is 4.99 Å². The Morgan fingerprint density at radius 3 is 2.70 bits per heavy atom. The average molecular weight is 288 g/mol. The van der Waals surface area contributed by atoms with Gasteiger partial charge in [0.25, 0.3) is 5.91 Å². The molecule has 1 aliphatic heterocycles. The maximum absolute atomic E-state index is 12.3. The van der Waals surface area contributed by atoms with Crippen molar-refractivity contribution >= 4 is 28.5 Å². The molecule has 1 aromatic rings. The van der Waals surface area contributed by atoms with Crippen molar-refractivity contribution < 1.29 is 4.79 Å². The highest BCUT2D eigenvalue weighted by atomic mass is 32.2. The molecule has 1 aliphatic carbocycles. The van der Waals surface area contributed by atoms with Crippen molar-refractivity contribution in [3.05, 3.63) is 30.3 Å². The molecule has 1 fully saturated rings. The third-order valence-corrected chi connectivity index (χ3v) is 5.61. The van der Waals surface area contributed by atoms with Crippen LogP contribution in [-0.4, -0.2) is 23.4 Å². The van der Waals surface area contributed by atoms with Crippen LogP contribution < -0.4 is 4.90 Å². The number of thioether (sulfide) groups is 1. The van der Waals surface area contributed by atoms with Gasteiger partial charge in [-0.15, -0.1) is 0 Å². The zero-order valence-corrected chi connectivity index (χ0v) is 12.6. The second kappa shape index (κ2) is 6.00. The zero-order valence-electron chi connectivity index (χ0n) is 11.8. The molecule has 1 saturated carbocycles. The molecule has 0 saturated heterocycles. The van der Waals surface area contributed by atoms with Crippen LogP contribution in [0.5, 0.6) is 0 Å². The van der Waals surface area contributed by atoms with E-state index in [2.05, 4.69) is 4.99 Å². The van der Waals surface area contributed by atoms with Crippen LogP contribution in [0.2, 0.25) is 0 Å². The summed E-state index contributed by atoms with van der Waals surface area (Å²) < 4.78 is 0. The molecular formula is C16H20N2OS. The summed E-state index contributed by atoms with van der Waals surface area (Å²) in [5, 5.41) is 1.27. The first-order chi connectivity index (χ1) is 9.75. The molecule has 2 aliphatic rings. The van der Waals surface area contributed by atoms with Crippen molar-refractivity contribution in [3.8, 4) is 0 Å². The van der Waals surface area contributed by atoms with Crippen LogP contribution in [0.15, 0.2) is 35.3 Å². The summed E-state index contributed by atoms with van der Waals surface area (Å²) in [6.45, 7) is 0. The van der Waals surface area contributed by atoms with Crippen LogP contribution in [0.25, 0.3) is 0 Å². The second-order valence-corrected chi connectivity index (χ2v) is 6.73. The van der Waals surface area contributed by atoms with E-state index in [-0.39, 0.29) is 11.8 Å². The summed E-state index contributed by atoms with van der Waals surface area (Å²) in [5.74, 6) is 0.240. The second-order valence-electron chi connectivity index (χ2n) is 5.53. The minimum absolute atomic E-state index is 0.0911. The highest BCUT2D eigenvalue weighted by Crippen LogP contribution is 2.38. The van der Waals surface area contributed by atoms with Crippen molar-refractivity contribution in [1.82, 2.24) is 0 Å². The number of amidine groups is 1. The van der Waals surface area contributed by atoms with Crippen LogP contribution in [0.3, 0.4) is 0 Å². The minimum atomic E-state index is 0.0911. The number of rotatable bonds is 1. The van der Waals surface area contributed by atoms with E-state index in [4.69, 9.17) is 0 Å². The van der Waals surface area contributed by atoms with Gasteiger partial charge in [0.2, 0.25) is 0 Å². The lowest BCUT2D eigenvalue weighted by atomic mass is 9.99. The predicted molar refractivity (Wildman–Crippen MR) is 85.2 cm³/mol. The molecule has 0 radical (unpaired) electrons. The van der Waals surface area contributed by atoms with Crippen LogP contribution >= 0.6 is 11.8 Å². The van der Waals surface area contributed by atoms with Gasteiger partial charge in [-0.1, -0.05) is 49.2 Å². The van der Waals surface area contributed by atoms with Gasteiger partial charge in [0.15, 0.2) is 5.17 Å². The average Bonchev–Trinajstić information content (AvgIpc) is 2.73. The van der Waals surface area contributed by atoms with Gasteiger partial charge in [-0.05, 0) is 25.0 Å². The molecule has 0 aromatic heterocycles. The van der Waals surface area contributed by atoms with Gasteiger partial charge in [0.05, 0.1) is 5.92 Å². The van der Waals surface area contributed by atoms with Gasteiger partial charge in [0.1, 0.15) is 0 Å². The number of hydrogen-bond donors (Lipinski definition) is 0. The molecule has 1 aromatic carbocycles. The van der Waals surface area contributed by atoms with Crippen LogP contribution in [0.1, 0.15) is 32.1 Å². The van der Waals surface area contributed by atoms with Gasteiger partial charge >= 0.3 is 0 Å². The summed E-state index contributed by atoms with van der Waals surface area (Å²) in [6.07, 6.45) is 5.83. The first-order valence-electron chi connectivity index (χ1n) is 7.33. The topological polar surface area (TPSA) is 32.7 Å². The Bertz CT molecular complexity index is 514. The fourth-order valence-electron chi connectivity index (χ4n) is 2.95. The van der Waals surface area contributed by atoms with Crippen molar-refractivity contribution in [3.63, 3.8) is 0 Å². The maximum Gasteiger partial charge on any atom is 0.252 e. The van der Waals surface area contributed by atoms with Crippen molar-refractivity contribution in [2.75, 3.05) is 11.9 Å². The number of carbonyl (C=O) groups excluding carboxylic acids is 1.